The van der Waals surface area contributed by atoms with Crippen LogP contribution >= 0.6 is 0 Å². The number of benzene rings is 2. The molecule has 0 unspecified atom stereocenters. The van der Waals surface area contributed by atoms with E-state index in [-0.39, 0.29) is 12.2 Å². The molecule has 0 amide bonds. The molecule has 0 aliphatic carbocycles. The second kappa shape index (κ2) is 7.47. The number of hydrogen-bond acceptors (Lipinski definition) is 4. The fourth-order valence-corrected chi connectivity index (χ4v) is 4.97. The Kier molecular flexibility index (Phi) is 5.33. The molecule has 1 fully saturated rings. The van der Waals surface area contributed by atoms with Crippen LogP contribution in [0.25, 0.3) is 0 Å². The largest absolute Gasteiger partial charge is 0.374 e. The van der Waals surface area contributed by atoms with Crippen LogP contribution in [0, 0.1) is 0 Å². The van der Waals surface area contributed by atoms with E-state index in [9.17, 15) is 8.42 Å². The number of sulfone groups is 1. The topological polar surface area (TPSA) is 52.6 Å². The Balaban J connectivity index is 1.58. The predicted octanol–water partition coefficient (Wildman–Crippen LogP) is 3.22. The first-order chi connectivity index (χ1) is 11.6. The van der Waals surface area contributed by atoms with Gasteiger partial charge in [-0.2, -0.15) is 0 Å². The van der Waals surface area contributed by atoms with Crippen LogP contribution < -0.4 is 0 Å². The molecule has 24 heavy (non-hydrogen) atoms. The van der Waals surface area contributed by atoms with Gasteiger partial charge in [0.05, 0.1) is 35.6 Å². The van der Waals surface area contributed by atoms with E-state index in [1.54, 1.807) is 24.3 Å². The van der Waals surface area contributed by atoms with Crippen LogP contribution in [-0.2, 0) is 25.9 Å². The summed E-state index contributed by atoms with van der Waals surface area (Å²) >= 11 is 0. The van der Waals surface area contributed by atoms with Gasteiger partial charge in [-0.3, -0.25) is 0 Å². The third kappa shape index (κ3) is 3.86. The van der Waals surface area contributed by atoms with Gasteiger partial charge in [-0.1, -0.05) is 48.5 Å². The van der Waals surface area contributed by atoms with Crippen molar-refractivity contribution in [1.29, 1.82) is 0 Å². The SMILES string of the molecule is C[C@@H]1O[C@H](COCc2ccccc2)C[C@H]1S(=O)(=O)c1ccccc1. The van der Waals surface area contributed by atoms with Crippen molar-refractivity contribution < 1.29 is 17.9 Å². The molecular formula is C19H22O4S. The highest BCUT2D eigenvalue weighted by Crippen LogP contribution is 2.30. The molecule has 4 nitrogen and oxygen atoms in total. The summed E-state index contributed by atoms with van der Waals surface area (Å²) in [5.74, 6) is 0. The van der Waals surface area contributed by atoms with Crippen molar-refractivity contribution in [1.82, 2.24) is 0 Å². The van der Waals surface area contributed by atoms with Crippen molar-refractivity contribution in [3.63, 3.8) is 0 Å². The Morgan fingerprint density at radius 1 is 1.04 bits per heavy atom. The van der Waals surface area contributed by atoms with E-state index in [2.05, 4.69) is 0 Å². The number of ether oxygens (including phenoxy) is 2. The summed E-state index contributed by atoms with van der Waals surface area (Å²) in [6.45, 7) is 2.73. The van der Waals surface area contributed by atoms with Crippen LogP contribution in [0.5, 0.6) is 0 Å². The molecule has 0 spiro atoms. The van der Waals surface area contributed by atoms with Crippen LogP contribution in [0.4, 0.5) is 0 Å². The van der Waals surface area contributed by atoms with Gasteiger partial charge in [-0.15, -0.1) is 0 Å². The lowest BCUT2D eigenvalue weighted by molar-refractivity contribution is -0.0140. The monoisotopic (exact) mass is 346 g/mol. The quantitative estimate of drug-likeness (QED) is 0.806. The van der Waals surface area contributed by atoms with Gasteiger partial charge in [0, 0.05) is 0 Å². The highest BCUT2D eigenvalue weighted by Gasteiger charge is 2.41. The Hall–Kier alpha value is -1.69. The highest BCUT2D eigenvalue weighted by atomic mass is 32.2. The van der Waals surface area contributed by atoms with Crippen molar-refractivity contribution in [3.8, 4) is 0 Å². The van der Waals surface area contributed by atoms with Crippen molar-refractivity contribution in [2.75, 3.05) is 6.61 Å². The molecule has 3 rings (SSSR count). The van der Waals surface area contributed by atoms with E-state index in [4.69, 9.17) is 9.47 Å². The summed E-state index contributed by atoms with van der Waals surface area (Å²) in [6, 6.07) is 18.5. The molecule has 1 aliphatic heterocycles. The van der Waals surface area contributed by atoms with Gasteiger partial charge in [0.2, 0.25) is 0 Å². The van der Waals surface area contributed by atoms with Crippen molar-refractivity contribution in [2.24, 2.45) is 0 Å². The Morgan fingerprint density at radius 2 is 1.67 bits per heavy atom. The molecule has 1 heterocycles. The maximum absolute atomic E-state index is 12.8. The second-order valence-electron chi connectivity index (χ2n) is 6.10. The summed E-state index contributed by atoms with van der Waals surface area (Å²) in [5, 5.41) is -0.523. The lowest BCUT2D eigenvalue weighted by Gasteiger charge is -2.14. The molecule has 5 heteroatoms. The molecule has 1 aliphatic rings. The second-order valence-corrected chi connectivity index (χ2v) is 8.26. The van der Waals surface area contributed by atoms with Gasteiger partial charge >= 0.3 is 0 Å². The fourth-order valence-electron chi connectivity index (χ4n) is 3.05. The maximum Gasteiger partial charge on any atom is 0.183 e. The first-order valence-corrected chi connectivity index (χ1v) is 9.68. The first kappa shape index (κ1) is 17.1. The van der Waals surface area contributed by atoms with E-state index < -0.39 is 15.1 Å². The molecule has 0 N–H and O–H groups in total. The zero-order valence-electron chi connectivity index (χ0n) is 13.7. The molecular weight excluding hydrogens is 324 g/mol. The minimum absolute atomic E-state index is 0.188. The summed E-state index contributed by atoms with van der Waals surface area (Å²) in [7, 11) is -3.38. The minimum Gasteiger partial charge on any atom is -0.374 e. The van der Waals surface area contributed by atoms with E-state index in [0.29, 0.717) is 24.5 Å². The van der Waals surface area contributed by atoms with Crippen LogP contribution in [0.3, 0.4) is 0 Å². The summed E-state index contributed by atoms with van der Waals surface area (Å²) in [5.41, 5.74) is 1.09. The predicted molar refractivity (Wildman–Crippen MR) is 92.5 cm³/mol. The summed E-state index contributed by atoms with van der Waals surface area (Å²) in [4.78, 5) is 0.358. The van der Waals surface area contributed by atoms with Crippen LogP contribution in [0.15, 0.2) is 65.6 Å². The standard InChI is InChI=1S/C19H22O4S/c1-15-19(24(20,21)18-10-6-3-7-11-18)12-17(23-15)14-22-13-16-8-4-2-5-9-16/h2-11,15,17,19H,12-14H2,1H3/t15-,17-,19+/m0/s1. The third-order valence-corrected chi connectivity index (χ3v) is 6.61. The zero-order chi connectivity index (χ0) is 17.0. The Labute approximate surface area is 143 Å². The smallest absolute Gasteiger partial charge is 0.183 e. The van der Waals surface area contributed by atoms with Gasteiger partial charge in [-0.05, 0) is 31.0 Å². The average Bonchev–Trinajstić information content (AvgIpc) is 2.98. The van der Waals surface area contributed by atoms with Crippen molar-refractivity contribution in [2.45, 2.75) is 42.3 Å². The van der Waals surface area contributed by atoms with Gasteiger partial charge < -0.3 is 9.47 Å². The number of rotatable bonds is 6. The van der Waals surface area contributed by atoms with Gasteiger partial charge in [-0.25, -0.2) is 8.42 Å². The lowest BCUT2D eigenvalue weighted by atomic mass is 10.2. The first-order valence-electron chi connectivity index (χ1n) is 8.13. The van der Waals surface area contributed by atoms with Crippen LogP contribution in [0.2, 0.25) is 0 Å². The van der Waals surface area contributed by atoms with Crippen LogP contribution in [-0.4, -0.2) is 32.5 Å². The van der Waals surface area contributed by atoms with Crippen molar-refractivity contribution >= 4 is 9.84 Å². The fraction of sp³-hybridized carbons (Fsp3) is 0.368. The molecule has 2 aromatic carbocycles. The molecule has 0 aromatic heterocycles. The van der Waals surface area contributed by atoms with Crippen LogP contribution in [0.1, 0.15) is 18.9 Å². The highest BCUT2D eigenvalue weighted by molar-refractivity contribution is 7.92. The Bertz CT molecular complexity index is 743. The normalized spacial score (nSPS) is 24.1. The summed E-state index contributed by atoms with van der Waals surface area (Å²) < 4.78 is 37.0. The Morgan fingerprint density at radius 3 is 2.33 bits per heavy atom. The van der Waals surface area contributed by atoms with E-state index in [1.807, 2.05) is 43.3 Å². The van der Waals surface area contributed by atoms with Gasteiger partial charge in [0.25, 0.3) is 0 Å². The molecule has 2 aromatic rings. The average molecular weight is 346 g/mol. The van der Waals surface area contributed by atoms with E-state index in [1.165, 1.54) is 0 Å². The van der Waals surface area contributed by atoms with E-state index >= 15 is 0 Å². The molecule has 0 bridgehead atoms. The third-order valence-electron chi connectivity index (χ3n) is 4.31. The summed E-state index contributed by atoms with van der Waals surface area (Å²) in [6.07, 6.45) is -0.0552. The zero-order valence-corrected chi connectivity index (χ0v) is 14.5. The minimum atomic E-state index is -3.38. The van der Waals surface area contributed by atoms with Gasteiger partial charge in [0.1, 0.15) is 0 Å². The van der Waals surface area contributed by atoms with E-state index in [0.717, 1.165) is 5.56 Å². The lowest BCUT2D eigenvalue weighted by Crippen LogP contribution is -2.28. The number of hydrogen-bond donors (Lipinski definition) is 0. The molecule has 3 atom stereocenters. The molecule has 1 saturated heterocycles. The maximum atomic E-state index is 12.8. The molecule has 128 valence electrons. The molecule has 0 saturated carbocycles. The van der Waals surface area contributed by atoms with Crippen molar-refractivity contribution in [3.05, 3.63) is 66.2 Å². The molecule has 0 radical (unpaired) electrons. The van der Waals surface area contributed by atoms with Gasteiger partial charge in [0.15, 0.2) is 9.84 Å².